The first kappa shape index (κ1) is 14.5. The van der Waals surface area contributed by atoms with Gasteiger partial charge < -0.3 is 0 Å². The maximum Gasteiger partial charge on any atom is -0.0169 e. The fourth-order valence-corrected chi connectivity index (χ4v) is 1.54. The van der Waals surface area contributed by atoms with Crippen LogP contribution >= 0.6 is 0 Å². The molecule has 0 aromatic carbocycles. The van der Waals surface area contributed by atoms with Crippen LogP contribution < -0.4 is 0 Å². The summed E-state index contributed by atoms with van der Waals surface area (Å²) in [5, 5.41) is 0. The molecule has 0 aliphatic carbocycles. The second-order valence-electron chi connectivity index (χ2n) is 4.17. The molecule has 0 heterocycles. The number of rotatable bonds is 10. The van der Waals surface area contributed by atoms with E-state index in [-0.39, 0.29) is 0 Å². The Bertz CT molecular complexity index is 153. The fraction of sp³-hybridized carbons (Fsp3) is 0.733. The molecule has 0 heteroatoms. The maximum absolute atomic E-state index is 2.34. The van der Waals surface area contributed by atoms with Crippen LogP contribution in [0.2, 0.25) is 0 Å². The van der Waals surface area contributed by atoms with Crippen LogP contribution in [0.15, 0.2) is 24.3 Å². The van der Waals surface area contributed by atoms with Gasteiger partial charge in [-0.3, -0.25) is 0 Å². The molecule has 0 aliphatic rings. The Hall–Kier alpha value is -0.520. The van der Waals surface area contributed by atoms with Gasteiger partial charge in [0.05, 0.1) is 0 Å². The van der Waals surface area contributed by atoms with Crippen LogP contribution in [0.1, 0.15) is 71.6 Å². The molecule has 0 spiro atoms. The van der Waals surface area contributed by atoms with Crippen LogP contribution in [-0.4, -0.2) is 0 Å². The molecule has 0 bridgehead atoms. The molecule has 0 aromatic rings. The first-order chi connectivity index (χ1) is 7.41. The largest absolute Gasteiger partial charge is 0.0882 e. The molecule has 0 N–H and O–H groups in total. The molecule has 0 atom stereocenters. The van der Waals surface area contributed by atoms with E-state index in [0.717, 1.165) is 6.42 Å². The van der Waals surface area contributed by atoms with Gasteiger partial charge in [0.1, 0.15) is 0 Å². The predicted molar refractivity (Wildman–Crippen MR) is 71.2 cm³/mol. The molecule has 0 aromatic heterocycles. The van der Waals surface area contributed by atoms with Gasteiger partial charge in [0.25, 0.3) is 0 Å². The molecule has 0 radical (unpaired) electrons. The molecule has 0 amide bonds. The van der Waals surface area contributed by atoms with Crippen molar-refractivity contribution in [3.8, 4) is 0 Å². The van der Waals surface area contributed by atoms with E-state index in [1.165, 1.54) is 51.4 Å². The predicted octanol–water partition coefficient (Wildman–Crippen LogP) is 5.65. The monoisotopic (exact) mass is 208 g/mol. The Kier molecular flexibility index (Phi) is 13.0. The number of hydrogen-bond donors (Lipinski definition) is 0. The van der Waals surface area contributed by atoms with Gasteiger partial charge in [-0.1, -0.05) is 70.3 Å². The van der Waals surface area contributed by atoms with Gasteiger partial charge in [-0.15, -0.1) is 0 Å². The smallest absolute Gasteiger partial charge is 0.0169 e. The minimum absolute atomic E-state index is 1.12. The van der Waals surface area contributed by atoms with Crippen LogP contribution in [0.3, 0.4) is 0 Å². The van der Waals surface area contributed by atoms with Crippen molar-refractivity contribution in [2.24, 2.45) is 0 Å². The Labute approximate surface area is 96.5 Å². The summed E-state index contributed by atoms with van der Waals surface area (Å²) < 4.78 is 0. The fourth-order valence-electron chi connectivity index (χ4n) is 1.54. The van der Waals surface area contributed by atoms with E-state index in [1.807, 2.05) is 0 Å². The van der Waals surface area contributed by atoms with Crippen molar-refractivity contribution in [1.29, 1.82) is 0 Å². The molecule has 0 aliphatic heterocycles. The van der Waals surface area contributed by atoms with Gasteiger partial charge in [-0.25, -0.2) is 0 Å². The van der Waals surface area contributed by atoms with E-state index in [2.05, 4.69) is 38.2 Å². The van der Waals surface area contributed by atoms with Crippen LogP contribution in [0.5, 0.6) is 0 Å². The van der Waals surface area contributed by atoms with Crippen molar-refractivity contribution < 1.29 is 0 Å². The van der Waals surface area contributed by atoms with Crippen LogP contribution in [-0.2, 0) is 0 Å². The zero-order valence-corrected chi connectivity index (χ0v) is 10.7. The molecule has 0 saturated carbocycles. The zero-order valence-electron chi connectivity index (χ0n) is 10.7. The topological polar surface area (TPSA) is 0 Å². The third-order valence-corrected chi connectivity index (χ3v) is 2.54. The first-order valence-corrected chi connectivity index (χ1v) is 6.71. The highest BCUT2D eigenvalue weighted by atomic mass is 13.9. The normalized spacial score (nSPS) is 11.9. The quantitative estimate of drug-likeness (QED) is 0.321. The van der Waals surface area contributed by atoms with E-state index >= 15 is 0 Å². The van der Waals surface area contributed by atoms with Crippen molar-refractivity contribution >= 4 is 0 Å². The minimum Gasteiger partial charge on any atom is -0.0882 e. The molecule has 0 nitrogen and oxygen atoms in total. The second kappa shape index (κ2) is 13.5. The molecule has 0 unspecified atom stereocenters. The number of unbranched alkanes of at least 4 members (excludes halogenated alkanes) is 6. The third kappa shape index (κ3) is 13.5. The van der Waals surface area contributed by atoms with Crippen molar-refractivity contribution in [1.82, 2.24) is 0 Å². The van der Waals surface area contributed by atoms with E-state index in [0.29, 0.717) is 0 Å². The molecule has 15 heavy (non-hydrogen) atoms. The maximum atomic E-state index is 2.34. The van der Waals surface area contributed by atoms with Gasteiger partial charge in [0.15, 0.2) is 0 Å². The Morgan fingerprint density at radius 2 is 1.27 bits per heavy atom. The van der Waals surface area contributed by atoms with Crippen LogP contribution in [0.4, 0.5) is 0 Å². The van der Waals surface area contributed by atoms with Crippen molar-refractivity contribution in [3.63, 3.8) is 0 Å². The third-order valence-electron chi connectivity index (χ3n) is 2.54. The summed E-state index contributed by atoms with van der Waals surface area (Å²) in [6, 6.07) is 0. The molecule has 0 fully saturated rings. The summed E-state index contributed by atoms with van der Waals surface area (Å²) in [5.41, 5.74) is 0. The lowest BCUT2D eigenvalue weighted by molar-refractivity contribution is 0.637. The lowest BCUT2D eigenvalue weighted by atomic mass is 10.1. The highest BCUT2D eigenvalue weighted by molar-refractivity contribution is 4.92. The summed E-state index contributed by atoms with van der Waals surface area (Å²) in [4.78, 5) is 0. The second-order valence-corrected chi connectivity index (χ2v) is 4.17. The Morgan fingerprint density at radius 1 is 0.600 bits per heavy atom. The molecular formula is C15H28. The summed E-state index contributed by atoms with van der Waals surface area (Å²) in [6.45, 7) is 4.49. The van der Waals surface area contributed by atoms with Crippen molar-refractivity contribution in [3.05, 3.63) is 24.3 Å². The van der Waals surface area contributed by atoms with E-state index < -0.39 is 0 Å². The SMILES string of the molecule is CCCC=CCC=CCCCCCCC. The molecule has 0 rings (SSSR count). The Morgan fingerprint density at radius 3 is 1.93 bits per heavy atom. The van der Waals surface area contributed by atoms with Crippen molar-refractivity contribution in [2.75, 3.05) is 0 Å². The average Bonchev–Trinajstić information content (AvgIpc) is 2.26. The standard InChI is InChI=1S/C15H28/c1-3-5-7-9-11-13-15-14-12-10-8-6-4-2/h7,9,13,15H,3-6,8,10-12,14H2,1-2H3. The van der Waals surface area contributed by atoms with Gasteiger partial charge in [0.2, 0.25) is 0 Å². The first-order valence-electron chi connectivity index (χ1n) is 6.71. The van der Waals surface area contributed by atoms with Crippen LogP contribution in [0, 0.1) is 0 Å². The summed E-state index contributed by atoms with van der Waals surface area (Å²) in [6.07, 6.45) is 21.0. The highest BCUT2D eigenvalue weighted by Crippen LogP contribution is 2.05. The molecule has 0 saturated heterocycles. The number of allylic oxidation sites excluding steroid dienone is 4. The molecular weight excluding hydrogens is 180 g/mol. The van der Waals surface area contributed by atoms with Crippen LogP contribution in [0.25, 0.3) is 0 Å². The number of hydrogen-bond acceptors (Lipinski definition) is 0. The summed E-state index contributed by atoms with van der Waals surface area (Å²) in [5.74, 6) is 0. The lowest BCUT2D eigenvalue weighted by Gasteiger charge is -1.95. The van der Waals surface area contributed by atoms with E-state index in [1.54, 1.807) is 0 Å². The van der Waals surface area contributed by atoms with E-state index in [9.17, 15) is 0 Å². The minimum atomic E-state index is 1.12. The van der Waals surface area contributed by atoms with Gasteiger partial charge >= 0.3 is 0 Å². The van der Waals surface area contributed by atoms with Gasteiger partial charge in [0, 0.05) is 0 Å². The zero-order chi connectivity index (χ0) is 11.2. The molecule has 88 valence electrons. The van der Waals surface area contributed by atoms with Gasteiger partial charge in [-0.2, -0.15) is 0 Å². The summed E-state index contributed by atoms with van der Waals surface area (Å²) >= 11 is 0. The highest BCUT2D eigenvalue weighted by Gasteiger charge is 1.85. The average molecular weight is 208 g/mol. The lowest BCUT2D eigenvalue weighted by Crippen LogP contribution is -1.75. The van der Waals surface area contributed by atoms with Gasteiger partial charge in [-0.05, 0) is 25.7 Å². The van der Waals surface area contributed by atoms with Crippen molar-refractivity contribution in [2.45, 2.75) is 71.6 Å². The Balaban J connectivity index is 3.10. The van der Waals surface area contributed by atoms with E-state index in [4.69, 9.17) is 0 Å². The summed E-state index contributed by atoms with van der Waals surface area (Å²) in [7, 11) is 0.